The number of pyridine rings is 1. The largest absolute Gasteiger partial charge is 0.384 e. The smallest absolute Gasteiger partial charge is 0.122 e. The van der Waals surface area contributed by atoms with Crippen LogP contribution in [0.4, 0.5) is 0 Å². The van der Waals surface area contributed by atoms with Crippen molar-refractivity contribution in [3.05, 3.63) is 77.6 Å². The predicted molar refractivity (Wildman–Crippen MR) is 85.2 cm³/mol. The lowest BCUT2D eigenvalue weighted by molar-refractivity contribution is 1.35. The minimum atomic E-state index is 0.0627. The maximum absolute atomic E-state index is 7.37. The van der Waals surface area contributed by atoms with Crippen LogP contribution < -0.4 is 5.73 Å². The van der Waals surface area contributed by atoms with Crippen molar-refractivity contribution in [2.24, 2.45) is 5.73 Å². The van der Waals surface area contributed by atoms with Gasteiger partial charge in [-0.25, -0.2) is 0 Å². The third-order valence-electron chi connectivity index (χ3n) is 3.21. The highest BCUT2D eigenvalue weighted by Crippen LogP contribution is 2.16. The zero-order valence-corrected chi connectivity index (χ0v) is 11.3. The average Bonchev–Trinajstić information content (AvgIpc) is 2.53. The zero-order valence-electron chi connectivity index (χ0n) is 11.3. The number of nitrogens with one attached hydrogen (secondary N) is 1. The molecule has 0 atom stereocenters. The number of nitrogens with zero attached hydrogens (tertiary/aromatic N) is 1. The average molecular weight is 271 g/mol. The van der Waals surface area contributed by atoms with Gasteiger partial charge in [0.25, 0.3) is 0 Å². The molecule has 0 fully saturated rings. The van der Waals surface area contributed by atoms with Crippen LogP contribution in [0.25, 0.3) is 10.8 Å². The molecule has 0 spiro atoms. The predicted octanol–water partition coefficient (Wildman–Crippen LogP) is 2.92. The normalized spacial score (nSPS) is 9.90. The van der Waals surface area contributed by atoms with Crippen LogP contribution in [-0.4, -0.2) is 10.8 Å². The van der Waals surface area contributed by atoms with E-state index in [4.69, 9.17) is 11.1 Å². The van der Waals surface area contributed by atoms with Gasteiger partial charge in [-0.15, -0.1) is 0 Å². The Morgan fingerprint density at radius 2 is 1.71 bits per heavy atom. The Kier molecular flexibility index (Phi) is 3.36. The van der Waals surface area contributed by atoms with Crippen molar-refractivity contribution in [3.63, 3.8) is 0 Å². The molecule has 3 nitrogen and oxygen atoms in total. The molecule has 0 aliphatic carbocycles. The first kappa shape index (κ1) is 12.9. The topological polar surface area (TPSA) is 62.8 Å². The maximum atomic E-state index is 7.37. The lowest BCUT2D eigenvalue weighted by Gasteiger charge is -1.99. The van der Waals surface area contributed by atoms with Gasteiger partial charge < -0.3 is 5.73 Å². The SMILES string of the molecule is N=C(N)c1ccc(C#Cc2cncc3ccccc23)cc1. The Bertz CT molecular complexity index is 863. The van der Waals surface area contributed by atoms with Crippen LogP contribution in [0.5, 0.6) is 0 Å². The highest BCUT2D eigenvalue weighted by molar-refractivity contribution is 5.95. The molecule has 100 valence electrons. The van der Waals surface area contributed by atoms with Gasteiger partial charge in [-0.05, 0) is 12.1 Å². The Balaban J connectivity index is 1.98. The van der Waals surface area contributed by atoms with Crippen LogP contribution in [0.2, 0.25) is 0 Å². The molecule has 21 heavy (non-hydrogen) atoms. The summed E-state index contributed by atoms with van der Waals surface area (Å²) < 4.78 is 0. The molecule has 3 aromatic rings. The second kappa shape index (κ2) is 5.48. The number of hydrogen-bond acceptors (Lipinski definition) is 2. The van der Waals surface area contributed by atoms with Crippen molar-refractivity contribution in [2.45, 2.75) is 0 Å². The van der Waals surface area contributed by atoms with E-state index in [1.807, 2.05) is 42.6 Å². The van der Waals surface area contributed by atoms with E-state index < -0.39 is 0 Å². The Morgan fingerprint density at radius 3 is 2.48 bits per heavy atom. The van der Waals surface area contributed by atoms with Crippen LogP contribution in [0.3, 0.4) is 0 Å². The molecular weight excluding hydrogens is 258 g/mol. The first-order valence-corrected chi connectivity index (χ1v) is 6.53. The molecule has 0 amide bonds. The molecule has 0 saturated carbocycles. The van der Waals surface area contributed by atoms with Crippen molar-refractivity contribution in [1.82, 2.24) is 4.98 Å². The van der Waals surface area contributed by atoms with Crippen molar-refractivity contribution in [1.29, 1.82) is 5.41 Å². The Morgan fingerprint density at radius 1 is 0.952 bits per heavy atom. The van der Waals surface area contributed by atoms with Gasteiger partial charge in [-0.2, -0.15) is 0 Å². The van der Waals surface area contributed by atoms with Crippen LogP contribution >= 0.6 is 0 Å². The van der Waals surface area contributed by atoms with Gasteiger partial charge in [-0.1, -0.05) is 48.2 Å². The van der Waals surface area contributed by atoms with E-state index in [1.54, 1.807) is 18.3 Å². The van der Waals surface area contributed by atoms with E-state index in [-0.39, 0.29) is 5.84 Å². The first-order valence-electron chi connectivity index (χ1n) is 6.53. The summed E-state index contributed by atoms with van der Waals surface area (Å²) in [6.07, 6.45) is 3.61. The molecule has 0 aliphatic heterocycles. The number of aromatic nitrogens is 1. The van der Waals surface area contributed by atoms with Crippen LogP contribution in [0, 0.1) is 17.3 Å². The monoisotopic (exact) mass is 271 g/mol. The molecule has 0 aliphatic rings. The molecule has 3 N–H and O–H groups in total. The van der Waals surface area contributed by atoms with Crippen molar-refractivity contribution >= 4 is 16.6 Å². The molecule has 0 saturated heterocycles. The maximum Gasteiger partial charge on any atom is 0.122 e. The van der Waals surface area contributed by atoms with Gasteiger partial charge in [0.1, 0.15) is 5.84 Å². The molecule has 3 rings (SSSR count). The summed E-state index contributed by atoms with van der Waals surface area (Å²) in [5.41, 5.74) is 7.92. The minimum Gasteiger partial charge on any atom is -0.384 e. The fourth-order valence-corrected chi connectivity index (χ4v) is 2.09. The van der Waals surface area contributed by atoms with E-state index in [2.05, 4.69) is 16.8 Å². The standard InChI is InChI=1S/C18H13N3/c19-18(20)14-8-5-13(6-9-14)7-10-16-12-21-11-15-3-1-2-4-17(15)16/h1-6,8-9,11-12H,(H3,19,20). The summed E-state index contributed by atoms with van der Waals surface area (Å²) in [4.78, 5) is 4.22. The molecule has 0 radical (unpaired) electrons. The fourth-order valence-electron chi connectivity index (χ4n) is 2.09. The van der Waals surface area contributed by atoms with Gasteiger partial charge >= 0.3 is 0 Å². The summed E-state index contributed by atoms with van der Waals surface area (Å²) in [6, 6.07) is 15.4. The van der Waals surface area contributed by atoms with Crippen molar-refractivity contribution < 1.29 is 0 Å². The summed E-state index contributed by atoms with van der Waals surface area (Å²) in [6.45, 7) is 0. The molecule has 0 bridgehead atoms. The number of benzene rings is 2. The quantitative estimate of drug-likeness (QED) is 0.406. The summed E-state index contributed by atoms with van der Waals surface area (Å²) in [7, 11) is 0. The van der Waals surface area contributed by atoms with Crippen molar-refractivity contribution in [3.8, 4) is 11.8 Å². The third-order valence-corrected chi connectivity index (χ3v) is 3.21. The summed E-state index contributed by atoms with van der Waals surface area (Å²) in [5.74, 6) is 6.34. The number of fused-ring (bicyclic) bond motifs is 1. The number of nitrogen functional groups attached to an aromatic ring is 1. The van der Waals surface area contributed by atoms with E-state index in [0.717, 1.165) is 21.9 Å². The van der Waals surface area contributed by atoms with Gasteiger partial charge in [0.05, 0.1) is 5.56 Å². The lowest BCUT2D eigenvalue weighted by atomic mass is 10.1. The zero-order chi connectivity index (χ0) is 14.7. The first-order chi connectivity index (χ1) is 10.2. The van der Waals surface area contributed by atoms with Crippen LogP contribution in [-0.2, 0) is 0 Å². The molecule has 1 aromatic heterocycles. The number of hydrogen-bond donors (Lipinski definition) is 2. The molecular formula is C18H13N3. The van der Waals surface area contributed by atoms with Crippen molar-refractivity contribution in [2.75, 3.05) is 0 Å². The van der Waals surface area contributed by atoms with E-state index >= 15 is 0 Å². The fraction of sp³-hybridized carbons (Fsp3) is 0. The molecule has 0 unspecified atom stereocenters. The molecule has 1 heterocycles. The highest BCUT2D eigenvalue weighted by Gasteiger charge is 1.98. The summed E-state index contributed by atoms with van der Waals surface area (Å²) >= 11 is 0. The van der Waals surface area contributed by atoms with Crippen LogP contribution in [0.1, 0.15) is 16.7 Å². The third kappa shape index (κ3) is 2.75. The Hall–Kier alpha value is -3.12. The van der Waals surface area contributed by atoms with Gasteiger partial charge in [-0.3, -0.25) is 10.4 Å². The molecule has 2 aromatic carbocycles. The van der Waals surface area contributed by atoms with E-state index in [0.29, 0.717) is 5.56 Å². The van der Waals surface area contributed by atoms with Crippen LogP contribution in [0.15, 0.2) is 60.9 Å². The summed E-state index contributed by atoms with van der Waals surface area (Å²) in [5, 5.41) is 9.54. The van der Waals surface area contributed by atoms with E-state index in [1.165, 1.54) is 0 Å². The van der Waals surface area contributed by atoms with E-state index in [9.17, 15) is 0 Å². The Labute approximate surface area is 123 Å². The number of nitrogens with two attached hydrogens (primary N) is 1. The van der Waals surface area contributed by atoms with Gasteiger partial charge in [0.15, 0.2) is 0 Å². The highest BCUT2D eigenvalue weighted by atomic mass is 14.7. The molecule has 3 heteroatoms. The minimum absolute atomic E-state index is 0.0627. The van der Waals surface area contributed by atoms with Gasteiger partial charge in [0.2, 0.25) is 0 Å². The van der Waals surface area contributed by atoms with Gasteiger partial charge in [0, 0.05) is 34.3 Å². The number of amidine groups is 1. The lowest BCUT2D eigenvalue weighted by Crippen LogP contribution is -2.10. The second-order valence-corrected chi connectivity index (χ2v) is 4.65. The second-order valence-electron chi connectivity index (χ2n) is 4.65. The number of rotatable bonds is 1.